The second-order valence-corrected chi connectivity index (χ2v) is 6.15. The largest absolute Gasteiger partial charge is 0.493 e. The summed E-state index contributed by atoms with van der Waals surface area (Å²) in [6.45, 7) is 6.09. The van der Waals surface area contributed by atoms with Crippen molar-refractivity contribution in [2.24, 2.45) is 0 Å². The van der Waals surface area contributed by atoms with Crippen LogP contribution in [-0.4, -0.2) is 44.6 Å². The summed E-state index contributed by atoms with van der Waals surface area (Å²) in [5.74, 6) is 2.29. The van der Waals surface area contributed by atoms with Crippen LogP contribution in [0.2, 0.25) is 0 Å². The topological polar surface area (TPSA) is 60.0 Å². The third-order valence-electron chi connectivity index (χ3n) is 3.93. The molecule has 0 saturated carbocycles. The number of aliphatic hydroxyl groups excluding tert-OH is 1. The normalized spacial score (nSPS) is 11.4. The fourth-order valence-corrected chi connectivity index (χ4v) is 2.60. The van der Waals surface area contributed by atoms with E-state index < -0.39 is 6.10 Å². The van der Waals surface area contributed by atoms with Gasteiger partial charge in [-0.25, -0.2) is 0 Å². The van der Waals surface area contributed by atoms with Crippen LogP contribution < -0.4 is 19.5 Å². The maximum Gasteiger partial charge on any atom is 0.161 e. The van der Waals surface area contributed by atoms with Crippen LogP contribution in [0.25, 0.3) is 0 Å². The Morgan fingerprint density at radius 3 is 2.59 bits per heavy atom. The van der Waals surface area contributed by atoms with Crippen LogP contribution in [0.4, 0.5) is 0 Å². The first-order valence-corrected chi connectivity index (χ1v) is 9.00. The molecule has 2 aromatic rings. The molecule has 5 nitrogen and oxygen atoms in total. The Labute approximate surface area is 168 Å². The van der Waals surface area contributed by atoms with Crippen LogP contribution in [0, 0.1) is 6.92 Å². The SMILES string of the molecule is CCOc1ccc(CCNCC(O)COc2cccc(C)c2)cc1OC.Cl. The molecular formula is C21H30ClNO4. The first kappa shape index (κ1) is 23.1. The van der Waals surface area contributed by atoms with Crippen molar-refractivity contribution in [3.63, 3.8) is 0 Å². The van der Waals surface area contributed by atoms with Crippen molar-refractivity contribution in [3.05, 3.63) is 53.6 Å². The molecule has 0 saturated heterocycles. The van der Waals surface area contributed by atoms with Gasteiger partial charge in [-0.15, -0.1) is 12.4 Å². The van der Waals surface area contributed by atoms with E-state index in [2.05, 4.69) is 5.32 Å². The summed E-state index contributed by atoms with van der Waals surface area (Å²) in [6.07, 6.45) is 0.291. The molecule has 1 atom stereocenters. The smallest absolute Gasteiger partial charge is 0.161 e. The van der Waals surface area contributed by atoms with E-state index in [0.717, 1.165) is 41.3 Å². The summed E-state index contributed by atoms with van der Waals surface area (Å²) in [5.41, 5.74) is 2.30. The second-order valence-electron chi connectivity index (χ2n) is 6.15. The van der Waals surface area contributed by atoms with Gasteiger partial charge in [0.25, 0.3) is 0 Å². The summed E-state index contributed by atoms with van der Waals surface area (Å²) in [7, 11) is 1.64. The average Bonchev–Trinajstić information content (AvgIpc) is 2.65. The van der Waals surface area contributed by atoms with Crippen molar-refractivity contribution >= 4 is 12.4 Å². The number of hydrogen-bond acceptors (Lipinski definition) is 5. The lowest BCUT2D eigenvalue weighted by Gasteiger charge is -2.14. The molecule has 2 rings (SSSR count). The second kappa shape index (κ2) is 12.4. The summed E-state index contributed by atoms with van der Waals surface area (Å²) in [5, 5.41) is 13.3. The fraction of sp³-hybridized carbons (Fsp3) is 0.429. The van der Waals surface area contributed by atoms with Crippen LogP contribution in [0.3, 0.4) is 0 Å². The summed E-state index contributed by atoms with van der Waals surface area (Å²) in [4.78, 5) is 0. The average molecular weight is 396 g/mol. The van der Waals surface area contributed by atoms with Gasteiger partial charge in [-0.2, -0.15) is 0 Å². The van der Waals surface area contributed by atoms with Crippen molar-refractivity contribution in [2.75, 3.05) is 33.4 Å². The number of aryl methyl sites for hydroxylation is 1. The number of benzene rings is 2. The molecule has 0 aliphatic rings. The maximum atomic E-state index is 10.0. The predicted molar refractivity (Wildman–Crippen MR) is 111 cm³/mol. The molecule has 2 N–H and O–H groups in total. The number of ether oxygens (including phenoxy) is 3. The van der Waals surface area contributed by atoms with Crippen molar-refractivity contribution in [3.8, 4) is 17.2 Å². The Hall–Kier alpha value is -1.95. The Balaban J connectivity index is 0.00000364. The van der Waals surface area contributed by atoms with Gasteiger partial charge in [0.15, 0.2) is 11.5 Å². The minimum atomic E-state index is -0.551. The van der Waals surface area contributed by atoms with Gasteiger partial charge in [0, 0.05) is 6.54 Å². The molecule has 0 fully saturated rings. The lowest BCUT2D eigenvalue weighted by atomic mass is 10.1. The molecule has 0 heterocycles. The molecular weight excluding hydrogens is 366 g/mol. The summed E-state index contributed by atoms with van der Waals surface area (Å²) in [6, 6.07) is 13.8. The molecule has 0 aromatic heterocycles. The molecule has 150 valence electrons. The number of rotatable bonds is 11. The standard InChI is InChI=1S/C21H29NO4.ClH/c1-4-25-20-9-8-17(13-21(20)24-3)10-11-22-14-18(23)15-26-19-7-5-6-16(2)12-19;/h5-9,12-13,18,22-23H,4,10-11,14-15H2,1-3H3;1H. The maximum absolute atomic E-state index is 10.0. The quantitative estimate of drug-likeness (QED) is 0.571. The molecule has 2 aromatic carbocycles. The highest BCUT2D eigenvalue weighted by Gasteiger charge is 2.07. The number of nitrogens with one attached hydrogen (secondary N) is 1. The Kier molecular flexibility index (Phi) is 10.6. The first-order valence-electron chi connectivity index (χ1n) is 9.00. The van der Waals surface area contributed by atoms with Crippen molar-refractivity contribution in [1.29, 1.82) is 0 Å². The number of aliphatic hydroxyl groups is 1. The minimum Gasteiger partial charge on any atom is -0.493 e. The Bertz CT molecular complexity index is 681. The highest BCUT2D eigenvalue weighted by atomic mass is 35.5. The van der Waals surface area contributed by atoms with E-state index in [9.17, 15) is 5.11 Å². The van der Waals surface area contributed by atoms with Gasteiger partial charge >= 0.3 is 0 Å². The van der Waals surface area contributed by atoms with E-state index >= 15 is 0 Å². The third-order valence-corrected chi connectivity index (χ3v) is 3.93. The Morgan fingerprint density at radius 1 is 1.07 bits per heavy atom. The van der Waals surface area contributed by atoms with Crippen LogP contribution in [-0.2, 0) is 6.42 Å². The molecule has 6 heteroatoms. The van der Waals surface area contributed by atoms with E-state index in [1.165, 1.54) is 0 Å². The van der Waals surface area contributed by atoms with Crippen LogP contribution in [0.5, 0.6) is 17.2 Å². The number of methoxy groups -OCH3 is 1. The van der Waals surface area contributed by atoms with E-state index in [4.69, 9.17) is 14.2 Å². The van der Waals surface area contributed by atoms with Crippen molar-refractivity contribution < 1.29 is 19.3 Å². The first-order chi connectivity index (χ1) is 12.6. The zero-order chi connectivity index (χ0) is 18.8. The van der Waals surface area contributed by atoms with Crippen LogP contribution >= 0.6 is 12.4 Å². The summed E-state index contributed by atoms with van der Waals surface area (Å²) < 4.78 is 16.5. The van der Waals surface area contributed by atoms with E-state index in [1.807, 2.05) is 56.3 Å². The molecule has 0 spiro atoms. The van der Waals surface area contributed by atoms with Gasteiger partial charge in [-0.1, -0.05) is 18.2 Å². The molecule has 0 radical (unpaired) electrons. The number of halogens is 1. The van der Waals surface area contributed by atoms with Gasteiger partial charge in [0.2, 0.25) is 0 Å². The fourth-order valence-electron chi connectivity index (χ4n) is 2.60. The molecule has 27 heavy (non-hydrogen) atoms. The van der Waals surface area contributed by atoms with Gasteiger partial charge in [-0.05, 0) is 62.2 Å². The van der Waals surface area contributed by atoms with Gasteiger partial charge in [0.05, 0.1) is 13.7 Å². The van der Waals surface area contributed by atoms with E-state index in [-0.39, 0.29) is 19.0 Å². The van der Waals surface area contributed by atoms with E-state index in [0.29, 0.717) is 13.2 Å². The molecule has 0 aliphatic carbocycles. The lowest BCUT2D eigenvalue weighted by molar-refractivity contribution is 0.106. The minimum absolute atomic E-state index is 0. The van der Waals surface area contributed by atoms with Crippen molar-refractivity contribution in [1.82, 2.24) is 5.32 Å². The highest BCUT2D eigenvalue weighted by Crippen LogP contribution is 2.28. The molecule has 0 amide bonds. The van der Waals surface area contributed by atoms with Gasteiger partial charge in [0.1, 0.15) is 18.5 Å². The van der Waals surface area contributed by atoms with Gasteiger partial charge in [-0.3, -0.25) is 0 Å². The highest BCUT2D eigenvalue weighted by molar-refractivity contribution is 5.85. The molecule has 0 bridgehead atoms. The Morgan fingerprint density at radius 2 is 1.89 bits per heavy atom. The zero-order valence-electron chi connectivity index (χ0n) is 16.2. The predicted octanol–water partition coefficient (Wildman–Crippen LogP) is 3.40. The van der Waals surface area contributed by atoms with Gasteiger partial charge < -0.3 is 24.6 Å². The monoisotopic (exact) mass is 395 g/mol. The number of hydrogen-bond donors (Lipinski definition) is 2. The lowest BCUT2D eigenvalue weighted by Crippen LogP contribution is -2.32. The molecule has 0 aliphatic heterocycles. The third kappa shape index (κ3) is 8.08. The summed E-state index contributed by atoms with van der Waals surface area (Å²) >= 11 is 0. The van der Waals surface area contributed by atoms with Crippen LogP contribution in [0.1, 0.15) is 18.1 Å². The molecule has 1 unspecified atom stereocenters. The zero-order valence-corrected chi connectivity index (χ0v) is 17.1. The van der Waals surface area contributed by atoms with Crippen molar-refractivity contribution in [2.45, 2.75) is 26.4 Å². The van der Waals surface area contributed by atoms with E-state index in [1.54, 1.807) is 7.11 Å². The van der Waals surface area contributed by atoms with Crippen LogP contribution in [0.15, 0.2) is 42.5 Å².